The zero-order chi connectivity index (χ0) is 15.2. The van der Waals surface area contributed by atoms with Gasteiger partial charge in [0.05, 0.1) is 25.2 Å². The molecule has 1 aromatic rings. The molecule has 1 aromatic carbocycles. The molecular formula is C15H18N2O3S. The molecule has 0 aromatic heterocycles. The third kappa shape index (κ3) is 4.13. The van der Waals surface area contributed by atoms with Gasteiger partial charge in [-0.25, -0.2) is 0 Å². The van der Waals surface area contributed by atoms with Gasteiger partial charge in [-0.2, -0.15) is 17.0 Å². The quantitative estimate of drug-likeness (QED) is 0.896. The summed E-state index contributed by atoms with van der Waals surface area (Å²) in [6.07, 6.45) is 0.146. The number of hydrogen-bond acceptors (Lipinski definition) is 5. The van der Waals surface area contributed by atoms with Gasteiger partial charge in [-0.15, -0.1) is 0 Å². The fourth-order valence-electron chi connectivity index (χ4n) is 2.48. The number of nitrogens with zero attached hydrogens (tertiary/aromatic N) is 2. The second-order valence-electron chi connectivity index (χ2n) is 4.94. The SMILES string of the molecule is COc1ccc(C#N)cc1CN1CCSCC1CC(=O)O. The molecule has 1 fully saturated rings. The maximum atomic E-state index is 11.0. The summed E-state index contributed by atoms with van der Waals surface area (Å²) in [5.74, 6) is 1.79. The normalized spacial score (nSPS) is 19.0. The maximum absolute atomic E-state index is 11.0. The van der Waals surface area contributed by atoms with Crippen molar-refractivity contribution in [3.63, 3.8) is 0 Å². The van der Waals surface area contributed by atoms with E-state index in [-0.39, 0.29) is 12.5 Å². The number of ether oxygens (including phenoxy) is 1. The smallest absolute Gasteiger partial charge is 0.304 e. The number of rotatable bonds is 5. The van der Waals surface area contributed by atoms with E-state index in [0.717, 1.165) is 29.4 Å². The Morgan fingerprint density at radius 1 is 1.62 bits per heavy atom. The fourth-order valence-corrected chi connectivity index (χ4v) is 3.61. The van der Waals surface area contributed by atoms with Crippen LogP contribution < -0.4 is 4.74 Å². The zero-order valence-electron chi connectivity index (χ0n) is 11.9. The molecule has 21 heavy (non-hydrogen) atoms. The number of carboxylic acid groups (broad SMARTS) is 1. The second-order valence-corrected chi connectivity index (χ2v) is 6.09. The molecule has 1 heterocycles. The third-order valence-corrected chi connectivity index (χ3v) is 4.63. The van der Waals surface area contributed by atoms with E-state index in [1.807, 2.05) is 6.07 Å². The minimum atomic E-state index is -0.773. The molecule has 0 spiro atoms. The Morgan fingerprint density at radius 3 is 3.10 bits per heavy atom. The first-order valence-corrected chi connectivity index (χ1v) is 7.90. The summed E-state index contributed by atoms with van der Waals surface area (Å²) in [5, 5.41) is 18.0. The first-order chi connectivity index (χ1) is 10.1. The van der Waals surface area contributed by atoms with Gasteiger partial charge in [-0.1, -0.05) is 0 Å². The fraction of sp³-hybridized carbons (Fsp3) is 0.467. The van der Waals surface area contributed by atoms with Gasteiger partial charge < -0.3 is 9.84 Å². The monoisotopic (exact) mass is 306 g/mol. The Labute approximate surface area is 128 Å². The molecule has 1 atom stereocenters. The van der Waals surface area contributed by atoms with Crippen molar-refractivity contribution in [3.8, 4) is 11.8 Å². The van der Waals surface area contributed by atoms with Crippen molar-refractivity contribution in [1.29, 1.82) is 5.26 Å². The van der Waals surface area contributed by atoms with Gasteiger partial charge in [0.25, 0.3) is 0 Å². The molecule has 2 rings (SSSR count). The van der Waals surface area contributed by atoms with Crippen molar-refractivity contribution in [3.05, 3.63) is 29.3 Å². The van der Waals surface area contributed by atoms with E-state index >= 15 is 0 Å². The van der Waals surface area contributed by atoms with Gasteiger partial charge >= 0.3 is 5.97 Å². The molecule has 1 saturated heterocycles. The van der Waals surface area contributed by atoms with E-state index in [9.17, 15) is 4.79 Å². The molecule has 5 nitrogen and oxygen atoms in total. The number of benzene rings is 1. The van der Waals surface area contributed by atoms with Crippen LogP contribution in [0.3, 0.4) is 0 Å². The second kappa shape index (κ2) is 7.34. The van der Waals surface area contributed by atoms with E-state index in [2.05, 4.69) is 11.0 Å². The summed E-state index contributed by atoms with van der Waals surface area (Å²) in [6.45, 7) is 1.46. The number of thioether (sulfide) groups is 1. The summed E-state index contributed by atoms with van der Waals surface area (Å²) < 4.78 is 5.35. The Bertz CT molecular complexity index is 556. The highest BCUT2D eigenvalue weighted by molar-refractivity contribution is 7.99. The van der Waals surface area contributed by atoms with Crippen LogP contribution in [0.5, 0.6) is 5.75 Å². The van der Waals surface area contributed by atoms with E-state index < -0.39 is 5.97 Å². The predicted octanol–water partition coefficient (Wildman–Crippen LogP) is 1.96. The van der Waals surface area contributed by atoms with Crippen LogP contribution in [0.25, 0.3) is 0 Å². The van der Waals surface area contributed by atoms with Crippen LogP contribution in [0, 0.1) is 11.3 Å². The maximum Gasteiger partial charge on any atom is 0.304 e. The van der Waals surface area contributed by atoms with Crippen LogP contribution in [0.1, 0.15) is 17.5 Å². The molecule has 0 amide bonds. The van der Waals surface area contributed by atoms with Crippen LogP contribution >= 0.6 is 11.8 Å². The Balaban J connectivity index is 2.18. The summed E-state index contributed by atoms with van der Waals surface area (Å²) in [6, 6.07) is 7.49. The van der Waals surface area contributed by atoms with Crippen LogP contribution in [-0.2, 0) is 11.3 Å². The van der Waals surface area contributed by atoms with Crippen molar-refractivity contribution < 1.29 is 14.6 Å². The lowest BCUT2D eigenvalue weighted by Crippen LogP contribution is -2.43. The van der Waals surface area contributed by atoms with Gasteiger partial charge in [-0.05, 0) is 18.2 Å². The van der Waals surface area contributed by atoms with Crippen molar-refractivity contribution >= 4 is 17.7 Å². The lowest BCUT2D eigenvalue weighted by atomic mass is 10.1. The van der Waals surface area contributed by atoms with E-state index in [1.165, 1.54) is 0 Å². The predicted molar refractivity (Wildman–Crippen MR) is 81.5 cm³/mol. The lowest BCUT2D eigenvalue weighted by molar-refractivity contribution is -0.138. The van der Waals surface area contributed by atoms with E-state index in [1.54, 1.807) is 31.0 Å². The molecule has 0 aliphatic carbocycles. The molecule has 0 radical (unpaired) electrons. The number of carboxylic acids is 1. The zero-order valence-corrected chi connectivity index (χ0v) is 12.7. The van der Waals surface area contributed by atoms with Crippen LogP contribution in [0.15, 0.2) is 18.2 Å². The number of hydrogen-bond donors (Lipinski definition) is 1. The van der Waals surface area contributed by atoms with Crippen molar-refractivity contribution in [1.82, 2.24) is 4.90 Å². The molecule has 6 heteroatoms. The Hall–Kier alpha value is -1.71. The summed E-state index contributed by atoms with van der Waals surface area (Å²) >= 11 is 1.79. The van der Waals surface area contributed by atoms with Crippen molar-refractivity contribution in [2.24, 2.45) is 0 Å². The minimum Gasteiger partial charge on any atom is -0.496 e. The number of nitriles is 1. The molecule has 0 saturated carbocycles. The Morgan fingerprint density at radius 2 is 2.43 bits per heavy atom. The van der Waals surface area contributed by atoms with Crippen molar-refractivity contribution in [2.75, 3.05) is 25.2 Å². The number of methoxy groups -OCH3 is 1. The highest BCUT2D eigenvalue weighted by Gasteiger charge is 2.25. The first kappa shape index (κ1) is 15.7. The molecule has 1 aliphatic rings. The molecule has 1 N–H and O–H groups in total. The molecule has 0 bridgehead atoms. The summed E-state index contributed by atoms with van der Waals surface area (Å²) in [5.41, 5.74) is 1.52. The molecule has 1 unspecified atom stereocenters. The average Bonchev–Trinajstić information content (AvgIpc) is 2.48. The van der Waals surface area contributed by atoms with Gasteiger partial charge in [0, 0.05) is 36.2 Å². The molecule has 112 valence electrons. The highest BCUT2D eigenvalue weighted by Crippen LogP contribution is 2.26. The van der Waals surface area contributed by atoms with Gasteiger partial charge in [-0.3, -0.25) is 9.69 Å². The number of aliphatic carboxylic acids is 1. The Kier molecular flexibility index (Phi) is 5.48. The first-order valence-electron chi connectivity index (χ1n) is 6.74. The summed E-state index contributed by atoms with van der Waals surface area (Å²) in [7, 11) is 1.60. The number of carbonyl (C=O) groups is 1. The van der Waals surface area contributed by atoms with Gasteiger partial charge in [0.2, 0.25) is 0 Å². The van der Waals surface area contributed by atoms with Crippen LogP contribution in [0.4, 0.5) is 0 Å². The molecule has 1 aliphatic heterocycles. The largest absolute Gasteiger partial charge is 0.496 e. The standard InChI is InChI=1S/C15H18N2O3S/c1-20-14-3-2-11(8-16)6-12(14)9-17-4-5-21-10-13(17)7-15(18)19/h2-3,6,13H,4-5,7,9-10H2,1H3,(H,18,19). The topological polar surface area (TPSA) is 73.6 Å². The van der Waals surface area contributed by atoms with Gasteiger partial charge in [0.15, 0.2) is 0 Å². The minimum absolute atomic E-state index is 0.0247. The highest BCUT2D eigenvalue weighted by atomic mass is 32.2. The van der Waals surface area contributed by atoms with Gasteiger partial charge in [0.1, 0.15) is 5.75 Å². The molecular weight excluding hydrogens is 288 g/mol. The van der Waals surface area contributed by atoms with E-state index in [0.29, 0.717) is 12.1 Å². The average molecular weight is 306 g/mol. The lowest BCUT2D eigenvalue weighted by Gasteiger charge is -2.34. The van der Waals surface area contributed by atoms with Crippen LogP contribution in [0.2, 0.25) is 0 Å². The van der Waals surface area contributed by atoms with Crippen molar-refractivity contribution in [2.45, 2.75) is 19.0 Å². The summed E-state index contributed by atoms with van der Waals surface area (Å²) in [4.78, 5) is 13.2. The van der Waals surface area contributed by atoms with Crippen LogP contribution in [-0.4, -0.2) is 47.2 Å². The third-order valence-electron chi connectivity index (χ3n) is 3.54. The van der Waals surface area contributed by atoms with E-state index in [4.69, 9.17) is 15.1 Å².